The van der Waals surface area contributed by atoms with E-state index in [2.05, 4.69) is 6.92 Å². The van der Waals surface area contributed by atoms with Crippen molar-refractivity contribution in [2.24, 2.45) is 11.7 Å². The highest BCUT2D eigenvalue weighted by Gasteiger charge is 2.19. The number of nitrogens with two attached hydrogens (primary N) is 1. The Balaban J connectivity index is 0.000000288. The highest BCUT2D eigenvalue weighted by molar-refractivity contribution is 5.74. The Hall–Kier alpha value is -1.06. The zero-order valence-electron chi connectivity index (χ0n) is 9.71. The van der Waals surface area contributed by atoms with E-state index < -0.39 is 0 Å². The topological polar surface area (TPSA) is 76.2 Å². The first-order valence-corrected chi connectivity index (χ1v) is 5.58. The molecule has 1 fully saturated rings. The van der Waals surface area contributed by atoms with E-state index in [0.29, 0.717) is 18.2 Å². The van der Waals surface area contributed by atoms with Gasteiger partial charge in [0, 0.05) is 18.8 Å². The molecule has 1 amide bonds. The lowest BCUT2D eigenvalue weighted by molar-refractivity contribution is -0.118. The molecule has 0 unspecified atom stereocenters. The molecule has 4 nitrogen and oxygen atoms in total. The van der Waals surface area contributed by atoms with Gasteiger partial charge in [0.1, 0.15) is 0 Å². The third-order valence-corrected chi connectivity index (χ3v) is 2.16. The first kappa shape index (κ1) is 13.9. The van der Waals surface area contributed by atoms with Gasteiger partial charge < -0.3 is 10.5 Å². The first-order chi connectivity index (χ1) is 7.10. The summed E-state index contributed by atoms with van der Waals surface area (Å²) in [6, 6.07) is 0. The molecule has 0 aliphatic carbocycles. The number of primary amides is 1. The lowest BCUT2D eigenvalue weighted by Gasteiger charge is -2.00. The van der Waals surface area contributed by atoms with Gasteiger partial charge in [-0.1, -0.05) is 20.3 Å². The van der Waals surface area contributed by atoms with E-state index in [0.717, 1.165) is 19.4 Å². The number of hydrogen-bond donors (Lipinski definition) is 2. The van der Waals surface area contributed by atoms with Crippen LogP contribution in [-0.2, 0) is 9.53 Å². The van der Waals surface area contributed by atoms with Crippen molar-refractivity contribution >= 4 is 11.8 Å². The van der Waals surface area contributed by atoms with Crippen LogP contribution >= 0.6 is 0 Å². The Morgan fingerprint density at radius 1 is 1.53 bits per heavy atom. The summed E-state index contributed by atoms with van der Waals surface area (Å²) in [7, 11) is 0. The molecule has 0 bridgehead atoms. The van der Waals surface area contributed by atoms with Gasteiger partial charge in [-0.3, -0.25) is 10.2 Å². The summed E-state index contributed by atoms with van der Waals surface area (Å²) in [4.78, 5) is 9.82. The van der Waals surface area contributed by atoms with Gasteiger partial charge in [0.05, 0.1) is 6.61 Å². The summed E-state index contributed by atoms with van der Waals surface area (Å²) >= 11 is 0. The molecule has 3 N–H and O–H groups in total. The third-order valence-electron chi connectivity index (χ3n) is 2.16. The van der Waals surface area contributed by atoms with E-state index in [1.54, 1.807) is 0 Å². The lowest BCUT2D eigenvalue weighted by atomic mass is 10.0. The van der Waals surface area contributed by atoms with E-state index in [-0.39, 0.29) is 5.91 Å². The van der Waals surface area contributed by atoms with Crippen molar-refractivity contribution < 1.29 is 9.53 Å². The van der Waals surface area contributed by atoms with Crippen LogP contribution in [0.15, 0.2) is 0 Å². The monoisotopic (exact) mass is 214 g/mol. The van der Waals surface area contributed by atoms with Gasteiger partial charge in [0.2, 0.25) is 5.91 Å². The zero-order valence-corrected chi connectivity index (χ0v) is 9.71. The number of amides is 1. The van der Waals surface area contributed by atoms with Gasteiger partial charge in [0.15, 0.2) is 5.90 Å². The fourth-order valence-electron chi connectivity index (χ4n) is 1.44. The summed E-state index contributed by atoms with van der Waals surface area (Å²) in [6.45, 7) is 4.87. The molecule has 4 heteroatoms. The van der Waals surface area contributed by atoms with Crippen LogP contribution in [0.3, 0.4) is 0 Å². The number of hydrogen-bond acceptors (Lipinski definition) is 3. The van der Waals surface area contributed by atoms with Gasteiger partial charge in [-0.05, 0) is 12.8 Å². The molecule has 1 aliphatic rings. The highest BCUT2D eigenvalue weighted by atomic mass is 16.5. The summed E-state index contributed by atoms with van der Waals surface area (Å²) in [5.41, 5.74) is 4.76. The smallest absolute Gasteiger partial charge is 0.217 e. The molecule has 1 rings (SSSR count). The molecule has 0 aromatic carbocycles. The van der Waals surface area contributed by atoms with Crippen LogP contribution in [-0.4, -0.2) is 18.4 Å². The van der Waals surface area contributed by atoms with E-state index in [1.807, 2.05) is 6.92 Å². The largest absolute Gasteiger partial charge is 0.481 e. The number of ether oxygens (including phenoxy) is 1. The zero-order chi connectivity index (χ0) is 11.7. The molecule has 1 atom stereocenters. The maximum Gasteiger partial charge on any atom is 0.217 e. The minimum atomic E-state index is -0.211. The molecule has 0 aromatic heterocycles. The van der Waals surface area contributed by atoms with Gasteiger partial charge in [0.25, 0.3) is 0 Å². The Morgan fingerprint density at radius 3 is 2.47 bits per heavy atom. The van der Waals surface area contributed by atoms with E-state index in [9.17, 15) is 4.79 Å². The lowest BCUT2D eigenvalue weighted by Crippen LogP contribution is -2.08. The van der Waals surface area contributed by atoms with Crippen LogP contribution in [0.1, 0.15) is 46.0 Å². The molecular weight excluding hydrogens is 192 g/mol. The summed E-state index contributed by atoms with van der Waals surface area (Å²) < 4.78 is 5.00. The van der Waals surface area contributed by atoms with Crippen LogP contribution in [0.4, 0.5) is 0 Å². The van der Waals surface area contributed by atoms with Crippen LogP contribution in [0.5, 0.6) is 0 Å². The standard InChI is InChI=1S/C7H13NO.C4H9NO/c1-2-3-6-4-7(8)9-5-6;1-2-3-4(5)6/h6,8H,2-5H2,1H3;2-3H2,1H3,(H2,5,6)/t6-;/m1./s1. The first-order valence-electron chi connectivity index (χ1n) is 5.58. The van der Waals surface area contributed by atoms with Crippen molar-refractivity contribution in [2.75, 3.05) is 6.61 Å². The SMILES string of the molecule is CCCC(N)=O.CCC[C@H]1COC(=N)C1. The molecule has 0 radical (unpaired) electrons. The van der Waals surface area contributed by atoms with Crippen LogP contribution in [0.2, 0.25) is 0 Å². The molecule has 1 heterocycles. The summed E-state index contributed by atoms with van der Waals surface area (Å²) in [5.74, 6) is 0.911. The quantitative estimate of drug-likeness (QED) is 0.751. The van der Waals surface area contributed by atoms with Crippen molar-refractivity contribution in [3.05, 3.63) is 0 Å². The Labute approximate surface area is 91.7 Å². The fourth-order valence-corrected chi connectivity index (χ4v) is 1.44. The second-order valence-corrected chi connectivity index (χ2v) is 3.81. The number of rotatable bonds is 4. The normalized spacial score (nSPS) is 19.1. The molecule has 88 valence electrons. The molecule has 1 saturated heterocycles. The minimum Gasteiger partial charge on any atom is -0.481 e. The second kappa shape index (κ2) is 8.26. The van der Waals surface area contributed by atoms with E-state index in [4.69, 9.17) is 15.9 Å². The van der Waals surface area contributed by atoms with Crippen LogP contribution in [0, 0.1) is 11.3 Å². The summed E-state index contributed by atoms with van der Waals surface area (Å²) in [5, 5.41) is 7.14. The number of carbonyl (C=O) groups is 1. The van der Waals surface area contributed by atoms with E-state index in [1.165, 1.54) is 12.8 Å². The Bertz CT molecular complexity index is 205. The van der Waals surface area contributed by atoms with Crippen LogP contribution < -0.4 is 5.73 Å². The molecule has 1 aliphatic heterocycles. The molecule has 0 aromatic rings. The number of nitrogens with one attached hydrogen (secondary N) is 1. The second-order valence-electron chi connectivity index (χ2n) is 3.81. The van der Waals surface area contributed by atoms with Crippen molar-refractivity contribution in [3.8, 4) is 0 Å². The average Bonchev–Trinajstić information content (AvgIpc) is 2.53. The maximum atomic E-state index is 9.82. The fraction of sp³-hybridized carbons (Fsp3) is 0.818. The predicted octanol–water partition coefficient (Wildman–Crippen LogP) is 2.07. The molecule has 0 spiro atoms. The Kier molecular flexibility index (Phi) is 7.68. The molecule has 0 saturated carbocycles. The van der Waals surface area contributed by atoms with Crippen molar-refractivity contribution in [1.29, 1.82) is 5.41 Å². The number of carbonyl (C=O) groups excluding carboxylic acids is 1. The van der Waals surface area contributed by atoms with Crippen LogP contribution in [0.25, 0.3) is 0 Å². The predicted molar refractivity (Wildman–Crippen MR) is 60.8 cm³/mol. The van der Waals surface area contributed by atoms with Crippen molar-refractivity contribution in [3.63, 3.8) is 0 Å². The van der Waals surface area contributed by atoms with Gasteiger partial charge >= 0.3 is 0 Å². The van der Waals surface area contributed by atoms with Crippen molar-refractivity contribution in [2.45, 2.75) is 46.0 Å². The minimum absolute atomic E-state index is 0.211. The van der Waals surface area contributed by atoms with Gasteiger partial charge in [-0.25, -0.2) is 0 Å². The van der Waals surface area contributed by atoms with Gasteiger partial charge in [-0.2, -0.15) is 0 Å². The third kappa shape index (κ3) is 7.97. The maximum absolute atomic E-state index is 9.82. The van der Waals surface area contributed by atoms with E-state index >= 15 is 0 Å². The Morgan fingerprint density at radius 2 is 2.20 bits per heavy atom. The molecular formula is C11H22N2O2. The molecule has 15 heavy (non-hydrogen) atoms. The summed E-state index contributed by atoms with van der Waals surface area (Å²) in [6.07, 6.45) is 4.66. The average molecular weight is 214 g/mol. The van der Waals surface area contributed by atoms with Gasteiger partial charge in [-0.15, -0.1) is 0 Å². The van der Waals surface area contributed by atoms with Crippen molar-refractivity contribution in [1.82, 2.24) is 0 Å². The highest BCUT2D eigenvalue weighted by Crippen LogP contribution is 2.18.